The predicted octanol–water partition coefficient (Wildman–Crippen LogP) is 4.61. The molecule has 0 atom stereocenters. The lowest BCUT2D eigenvalue weighted by Gasteiger charge is -2.19. The first-order valence-corrected chi connectivity index (χ1v) is 7.68. The van der Waals surface area contributed by atoms with E-state index in [4.69, 9.17) is 28.9 Å². The summed E-state index contributed by atoms with van der Waals surface area (Å²) in [6.07, 6.45) is 0. The van der Waals surface area contributed by atoms with Gasteiger partial charge in [-0.05, 0) is 42.0 Å². The van der Waals surface area contributed by atoms with Crippen molar-refractivity contribution in [1.29, 1.82) is 0 Å². The number of carbonyl (C=O) groups is 1. The molecule has 0 radical (unpaired) electrons. The number of rotatable bonds is 3. The Morgan fingerprint density at radius 1 is 1.19 bits per heavy atom. The van der Waals surface area contributed by atoms with Crippen molar-refractivity contribution in [3.05, 3.63) is 62.0 Å². The van der Waals surface area contributed by atoms with Gasteiger partial charge in [-0.1, -0.05) is 39.1 Å². The molecule has 1 amide bonds. The minimum Gasteiger partial charge on any atom is -0.399 e. The van der Waals surface area contributed by atoms with Gasteiger partial charge in [-0.2, -0.15) is 0 Å². The summed E-state index contributed by atoms with van der Waals surface area (Å²) < 4.78 is 0.825. The summed E-state index contributed by atoms with van der Waals surface area (Å²) >= 11 is 15.5. The number of nitrogen functional groups attached to an aromatic ring is 1. The van der Waals surface area contributed by atoms with E-state index in [1.165, 1.54) is 0 Å². The van der Waals surface area contributed by atoms with Crippen molar-refractivity contribution in [2.75, 3.05) is 12.8 Å². The highest BCUT2D eigenvalue weighted by Crippen LogP contribution is 2.24. The molecule has 21 heavy (non-hydrogen) atoms. The molecule has 2 rings (SSSR count). The zero-order valence-corrected chi connectivity index (χ0v) is 14.3. The molecular weight excluding hydrogens is 375 g/mol. The van der Waals surface area contributed by atoms with E-state index in [-0.39, 0.29) is 5.91 Å². The van der Waals surface area contributed by atoms with Crippen LogP contribution in [0.2, 0.25) is 10.0 Å². The number of amides is 1. The fourth-order valence-electron chi connectivity index (χ4n) is 1.91. The second kappa shape index (κ2) is 6.69. The smallest absolute Gasteiger partial charge is 0.255 e. The molecule has 0 bridgehead atoms. The Bertz CT molecular complexity index is 691. The van der Waals surface area contributed by atoms with Gasteiger partial charge in [0, 0.05) is 28.8 Å². The first-order chi connectivity index (χ1) is 9.88. The van der Waals surface area contributed by atoms with Gasteiger partial charge in [0.2, 0.25) is 0 Å². The summed E-state index contributed by atoms with van der Waals surface area (Å²) in [5, 5.41) is 0.977. The maximum atomic E-state index is 12.4. The summed E-state index contributed by atoms with van der Waals surface area (Å²) in [7, 11) is 1.69. The maximum absolute atomic E-state index is 12.4. The normalized spacial score (nSPS) is 10.5. The average Bonchev–Trinajstić information content (AvgIpc) is 2.42. The Morgan fingerprint density at radius 3 is 2.57 bits per heavy atom. The Kier molecular flexibility index (Phi) is 5.14. The van der Waals surface area contributed by atoms with Crippen molar-refractivity contribution in [2.45, 2.75) is 6.54 Å². The third-order valence-electron chi connectivity index (χ3n) is 2.99. The molecule has 0 heterocycles. The van der Waals surface area contributed by atoms with Gasteiger partial charge < -0.3 is 10.6 Å². The number of anilines is 1. The SMILES string of the molecule is CN(Cc1cc(N)ccc1Cl)C(=O)c1ccc(Br)cc1Cl. The van der Waals surface area contributed by atoms with Crippen LogP contribution in [0.15, 0.2) is 40.9 Å². The molecule has 0 aliphatic rings. The molecule has 2 aromatic carbocycles. The lowest BCUT2D eigenvalue weighted by atomic mass is 10.1. The van der Waals surface area contributed by atoms with E-state index in [0.717, 1.165) is 10.0 Å². The van der Waals surface area contributed by atoms with Crippen LogP contribution >= 0.6 is 39.1 Å². The molecule has 2 aromatic rings. The standard InChI is InChI=1S/C15H13BrCl2N2O/c1-20(8-9-6-11(19)3-5-13(9)17)15(21)12-4-2-10(16)7-14(12)18/h2-7H,8,19H2,1H3. The van der Waals surface area contributed by atoms with Gasteiger partial charge in [-0.25, -0.2) is 0 Å². The molecule has 3 nitrogen and oxygen atoms in total. The van der Waals surface area contributed by atoms with Gasteiger partial charge in [0.05, 0.1) is 10.6 Å². The molecule has 0 fully saturated rings. The summed E-state index contributed by atoms with van der Waals surface area (Å²) in [6, 6.07) is 10.4. The number of nitrogens with two attached hydrogens (primary N) is 1. The summed E-state index contributed by atoms with van der Waals surface area (Å²) in [6.45, 7) is 0.356. The van der Waals surface area contributed by atoms with Crippen molar-refractivity contribution in [1.82, 2.24) is 4.90 Å². The Labute approximate surface area is 141 Å². The van der Waals surface area contributed by atoms with E-state index in [9.17, 15) is 4.79 Å². The van der Waals surface area contributed by atoms with Crippen LogP contribution in [0, 0.1) is 0 Å². The molecule has 0 unspecified atom stereocenters. The van der Waals surface area contributed by atoms with Crippen molar-refractivity contribution < 1.29 is 4.79 Å². The van der Waals surface area contributed by atoms with E-state index in [2.05, 4.69) is 15.9 Å². The van der Waals surface area contributed by atoms with Gasteiger partial charge in [0.25, 0.3) is 5.91 Å². The number of hydrogen-bond acceptors (Lipinski definition) is 2. The number of benzene rings is 2. The van der Waals surface area contributed by atoms with Crippen molar-refractivity contribution >= 4 is 50.7 Å². The van der Waals surface area contributed by atoms with Gasteiger partial charge in [0.15, 0.2) is 0 Å². The Hall–Kier alpha value is -1.23. The first kappa shape index (κ1) is 16.1. The molecular formula is C15H13BrCl2N2O. The third kappa shape index (κ3) is 3.90. The van der Waals surface area contributed by atoms with Crippen LogP contribution in [0.25, 0.3) is 0 Å². The Morgan fingerprint density at radius 2 is 1.90 bits per heavy atom. The predicted molar refractivity (Wildman–Crippen MR) is 90.8 cm³/mol. The molecule has 0 saturated carbocycles. The molecule has 0 aromatic heterocycles. The van der Waals surface area contributed by atoms with E-state index >= 15 is 0 Å². The second-order valence-electron chi connectivity index (χ2n) is 4.64. The van der Waals surface area contributed by atoms with Gasteiger partial charge >= 0.3 is 0 Å². The minimum absolute atomic E-state index is 0.175. The lowest BCUT2D eigenvalue weighted by molar-refractivity contribution is 0.0785. The highest BCUT2D eigenvalue weighted by Gasteiger charge is 2.16. The quantitative estimate of drug-likeness (QED) is 0.781. The fraction of sp³-hybridized carbons (Fsp3) is 0.133. The number of halogens is 3. The van der Waals surface area contributed by atoms with Crippen LogP contribution in [0.1, 0.15) is 15.9 Å². The molecule has 0 saturated heterocycles. The fourth-order valence-corrected chi connectivity index (χ4v) is 2.84. The largest absolute Gasteiger partial charge is 0.399 e. The molecule has 6 heteroatoms. The van der Waals surface area contributed by atoms with Crippen LogP contribution < -0.4 is 5.73 Å². The average molecular weight is 388 g/mol. The van der Waals surface area contributed by atoms with Crippen molar-refractivity contribution in [2.24, 2.45) is 0 Å². The second-order valence-corrected chi connectivity index (χ2v) is 6.37. The zero-order valence-electron chi connectivity index (χ0n) is 11.2. The van der Waals surface area contributed by atoms with Crippen molar-refractivity contribution in [3.63, 3.8) is 0 Å². The molecule has 2 N–H and O–H groups in total. The van der Waals surface area contributed by atoms with Gasteiger partial charge in [-0.15, -0.1) is 0 Å². The highest BCUT2D eigenvalue weighted by molar-refractivity contribution is 9.10. The lowest BCUT2D eigenvalue weighted by Crippen LogP contribution is -2.26. The van der Waals surface area contributed by atoms with Gasteiger partial charge in [0.1, 0.15) is 0 Å². The van der Waals surface area contributed by atoms with Crippen molar-refractivity contribution in [3.8, 4) is 0 Å². The zero-order chi connectivity index (χ0) is 15.6. The van der Waals surface area contributed by atoms with Gasteiger partial charge in [-0.3, -0.25) is 4.79 Å². The summed E-state index contributed by atoms with van der Waals surface area (Å²) in [4.78, 5) is 14.0. The van der Waals surface area contributed by atoms with Crippen LogP contribution in [-0.2, 0) is 6.54 Å². The number of hydrogen-bond donors (Lipinski definition) is 1. The molecule has 110 valence electrons. The number of nitrogens with zero attached hydrogens (tertiary/aromatic N) is 1. The van der Waals surface area contributed by atoms with E-state index in [0.29, 0.717) is 27.8 Å². The van der Waals surface area contributed by atoms with Crippen LogP contribution in [0.5, 0.6) is 0 Å². The molecule has 0 spiro atoms. The number of carbonyl (C=O) groups excluding carboxylic acids is 1. The van der Waals surface area contributed by atoms with Crippen LogP contribution in [0.4, 0.5) is 5.69 Å². The molecule has 0 aliphatic carbocycles. The molecule has 0 aliphatic heterocycles. The minimum atomic E-state index is -0.175. The highest BCUT2D eigenvalue weighted by atomic mass is 79.9. The topological polar surface area (TPSA) is 46.3 Å². The monoisotopic (exact) mass is 386 g/mol. The van der Waals surface area contributed by atoms with E-state index < -0.39 is 0 Å². The van der Waals surface area contributed by atoms with E-state index in [1.807, 2.05) is 0 Å². The van der Waals surface area contributed by atoms with Crippen LogP contribution in [-0.4, -0.2) is 17.9 Å². The van der Waals surface area contributed by atoms with E-state index in [1.54, 1.807) is 48.3 Å². The summed E-state index contributed by atoms with van der Waals surface area (Å²) in [5.41, 5.74) is 7.59. The third-order valence-corrected chi connectivity index (χ3v) is 4.16. The maximum Gasteiger partial charge on any atom is 0.255 e. The van der Waals surface area contributed by atoms with Crippen LogP contribution in [0.3, 0.4) is 0 Å². The Balaban J connectivity index is 2.21. The first-order valence-electron chi connectivity index (χ1n) is 6.13. The summed E-state index contributed by atoms with van der Waals surface area (Å²) in [5.74, 6) is -0.175.